The summed E-state index contributed by atoms with van der Waals surface area (Å²) in [6.45, 7) is 0.728. The molecule has 1 aromatic rings. The molecule has 2 N–H and O–H groups in total. The fourth-order valence-corrected chi connectivity index (χ4v) is 2.89. The van der Waals surface area contributed by atoms with E-state index >= 15 is 0 Å². The molecule has 0 saturated heterocycles. The van der Waals surface area contributed by atoms with Crippen LogP contribution in [0.1, 0.15) is 28.8 Å². The number of thiophene rings is 1. The fourth-order valence-electron chi connectivity index (χ4n) is 1.73. The van der Waals surface area contributed by atoms with Crippen molar-refractivity contribution in [2.75, 3.05) is 0 Å². The third-order valence-corrected chi connectivity index (χ3v) is 3.51. The summed E-state index contributed by atoms with van der Waals surface area (Å²) in [5, 5.41) is 2.23. The molecule has 0 unspecified atom stereocenters. The van der Waals surface area contributed by atoms with Crippen LogP contribution in [0.4, 0.5) is 0 Å². The Labute approximate surface area is 83.4 Å². The van der Waals surface area contributed by atoms with Gasteiger partial charge in [0.25, 0.3) is 0 Å². The molecule has 0 bridgehead atoms. The van der Waals surface area contributed by atoms with Crippen LogP contribution in [-0.2, 0) is 19.4 Å². The van der Waals surface area contributed by atoms with E-state index in [1.54, 1.807) is 10.4 Å². The lowest BCUT2D eigenvalue weighted by Crippen LogP contribution is -3.00. The zero-order valence-corrected chi connectivity index (χ0v) is 8.55. The van der Waals surface area contributed by atoms with Crippen LogP contribution in [-0.4, -0.2) is 0 Å². The van der Waals surface area contributed by atoms with Crippen molar-refractivity contribution in [3.63, 3.8) is 0 Å². The Balaban J connectivity index is 0.000000720. The quantitative estimate of drug-likeness (QED) is 0.627. The highest BCUT2D eigenvalue weighted by Gasteiger charge is 2.13. The number of fused-ring (bicyclic) bond motifs is 1. The first-order valence-corrected chi connectivity index (χ1v) is 5.08. The maximum Gasteiger partial charge on any atom is 0.0189 e. The van der Waals surface area contributed by atoms with Crippen LogP contribution in [0, 0.1) is 0 Å². The molecule has 0 saturated carbocycles. The number of aryl methyl sites for hydroxylation is 1. The average molecular weight is 203 g/mol. The molecule has 0 amide bonds. The van der Waals surface area contributed by atoms with E-state index in [4.69, 9.17) is 5.73 Å². The number of rotatable bonds is 1. The maximum absolute atomic E-state index is 5.63. The zero-order valence-electron chi connectivity index (χ0n) is 6.98. The van der Waals surface area contributed by atoms with E-state index in [-0.39, 0.29) is 12.4 Å². The van der Waals surface area contributed by atoms with Crippen molar-refractivity contribution in [3.8, 4) is 0 Å². The Bertz CT molecular complexity index is 244. The highest BCUT2D eigenvalue weighted by Crippen LogP contribution is 2.29. The van der Waals surface area contributed by atoms with Gasteiger partial charge in [-0.2, -0.15) is 0 Å². The van der Waals surface area contributed by atoms with Gasteiger partial charge in [0.1, 0.15) is 0 Å². The lowest BCUT2D eigenvalue weighted by molar-refractivity contribution is -0.00000227. The summed E-state index contributed by atoms with van der Waals surface area (Å²) in [5.41, 5.74) is 8.59. The molecule has 0 atom stereocenters. The van der Waals surface area contributed by atoms with E-state index in [0.29, 0.717) is 0 Å². The van der Waals surface area contributed by atoms with E-state index in [1.807, 2.05) is 11.3 Å². The van der Waals surface area contributed by atoms with Crippen LogP contribution in [0.2, 0.25) is 0 Å². The van der Waals surface area contributed by atoms with Gasteiger partial charge in [-0.15, -0.1) is 11.3 Å². The van der Waals surface area contributed by atoms with Gasteiger partial charge in [0.2, 0.25) is 0 Å². The Morgan fingerprint density at radius 3 is 2.83 bits per heavy atom. The number of halogens is 1. The van der Waals surface area contributed by atoms with Gasteiger partial charge in [-0.25, -0.2) is 0 Å². The predicted octanol–water partition coefficient (Wildman–Crippen LogP) is -0.910. The lowest BCUT2D eigenvalue weighted by atomic mass is 9.96. The van der Waals surface area contributed by atoms with Gasteiger partial charge >= 0.3 is 0 Å². The van der Waals surface area contributed by atoms with Crippen LogP contribution in [0.5, 0.6) is 0 Å². The fraction of sp³-hybridized carbons (Fsp3) is 0.556. The molecule has 1 aromatic heterocycles. The molecule has 1 aliphatic rings. The monoisotopic (exact) mass is 202 g/mol. The van der Waals surface area contributed by atoms with Crippen LogP contribution < -0.4 is 18.1 Å². The third-order valence-electron chi connectivity index (χ3n) is 2.37. The number of nitrogens with two attached hydrogens (primary N) is 1. The van der Waals surface area contributed by atoms with Crippen molar-refractivity contribution in [2.24, 2.45) is 5.73 Å². The minimum absolute atomic E-state index is 0. The second-order valence-electron chi connectivity index (χ2n) is 3.07. The van der Waals surface area contributed by atoms with Gasteiger partial charge in [-0.1, -0.05) is 0 Å². The normalized spacial score (nSPS) is 15.1. The summed E-state index contributed by atoms with van der Waals surface area (Å²) in [7, 11) is 0. The molecule has 0 spiro atoms. The highest BCUT2D eigenvalue weighted by atomic mass is 35.5. The summed E-state index contributed by atoms with van der Waals surface area (Å²) >= 11 is 1.90. The molecule has 68 valence electrons. The molecular formula is C9H13ClNS-. The van der Waals surface area contributed by atoms with Gasteiger partial charge in [-0.05, 0) is 42.2 Å². The zero-order chi connectivity index (χ0) is 7.68. The number of hydrogen-bond donors (Lipinski definition) is 1. The lowest BCUT2D eigenvalue weighted by Gasteiger charge is -2.11. The van der Waals surface area contributed by atoms with Crippen LogP contribution in [0.3, 0.4) is 0 Å². The van der Waals surface area contributed by atoms with Gasteiger partial charge in [0.15, 0.2) is 0 Å². The molecule has 12 heavy (non-hydrogen) atoms. The molecule has 0 aliphatic heterocycles. The first-order chi connectivity index (χ1) is 5.42. The molecule has 1 nitrogen and oxygen atoms in total. The molecule has 3 heteroatoms. The van der Waals surface area contributed by atoms with Gasteiger partial charge < -0.3 is 18.1 Å². The molecule has 2 rings (SSSR count). The smallest absolute Gasteiger partial charge is 0.0189 e. The molecule has 1 aliphatic carbocycles. The predicted molar refractivity (Wildman–Crippen MR) is 48.9 cm³/mol. The second kappa shape index (κ2) is 4.26. The Kier molecular flexibility index (Phi) is 3.56. The second-order valence-corrected chi connectivity index (χ2v) is 4.04. The van der Waals surface area contributed by atoms with Crippen LogP contribution >= 0.6 is 11.3 Å². The van der Waals surface area contributed by atoms with E-state index in [2.05, 4.69) is 5.38 Å². The SMILES string of the molecule is NCc1csc2c1CCCC2.[Cl-]. The first kappa shape index (κ1) is 10.0. The summed E-state index contributed by atoms with van der Waals surface area (Å²) in [4.78, 5) is 1.59. The maximum atomic E-state index is 5.63. The molecule has 0 radical (unpaired) electrons. The molecular weight excluding hydrogens is 190 g/mol. The average Bonchev–Trinajstić information content (AvgIpc) is 2.47. The molecule has 0 fully saturated rings. The highest BCUT2D eigenvalue weighted by molar-refractivity contribution is 7.10. The van der Waals surface area contributed by atoms with Crippen LogP contribution in [0.25, 0.3) is 0 Å². The third kappa shape index (κ3) is 1.65. The van der Waals surface area contributed by atoms with E-state index < -0.39 is 0 Å². The van der Waals surface area contributed by atoms with Crippen molar-refractivity contribution >= 4 is 11.3 Å². The van der Waals surface area contributed by atoms with E-state index in [0.717, 1.165) is 6.54 Å². The van der Waals surface area contributed by atoms with Crippen molar-refractivity contribution in [1.29, 1.82) is 0 Å². The Morgan fingerprint density at radius 2 is 2.08 bits per heavy atom. The van der Waals surface area contributed by atoms with Crippen molar-refractivity contribution in [3.05, 3.63) is 21.4 Å². The number of hydrogen-bond acceptors (Lipinski definition) is 2. The first-order valence-electron chi connectivity index (χ1n) is 4.20. The Morgan fingerprint density at radius 1 is 1.33 bits per heavy atom. The van der Waals surface area contributed by atoms with E-state index in [1.165, 1.54) is 31.2 Å². The topological polar surface area (TPSA) is 26.0 Å². The van der Waals surface area contributed by atoms with Gasteiger partial charge in [-0.3, -0.25) is 0 Å². The summed E-state index contributed by atoms with van der Waals surface area (Å²) in [6, 6.07) is 0. The largest absolute Gasteiger partial charge is 1.00 e. The summed E-state index contributed by atoms with van der Waals surface area (Å²) in [6.07, 6.45) is 5.29. The summed E-state index contributed by atoms with van der Waals surface area (Å²) < 4.78 is 0. The van der Waals surface area contributed by atoms with Gasteiger partial charge in [0, 0.05) is 11.4 Å². The van der Waals surface area contributed by atoms with Crippen molar-refractivity contribution < 1.29 is 12.4 Å². The minimum Gasteiger partial charge on any atom is -1.00 e. The van der Waals surface area contributed by atoms with Crippen molar-refractivity contribution in [2.45, 2.75) is 32.2 Å². The van der Waals surface area contributed by atoms with Crippen molar-refractivity contribution in [1.82, 2.24) is 0 Å². The standard InChI is InChI=1S/C9H13NS.ClH/c10-5-7-6-11-9-4-2-1-3-8(7)9;/h6H,1-5,10H2;1H/p-1. The minimum atomic E-state index is 0. The van der Waals surface area contributed by atoms with E-state index in [9.17, 15) is 0 Å². The van der Waals surface area contributed by atoms with Crippen LogP contribution in [0.15, 0.2) is 5.38 Å². The summed E-state index contributed by atoms with van der Waals surface area (Å²) in [5.74, 6) is 0. The Hall–Kier alpha value is -0.0500. The molecule has 0 aromatic carbocycles. The molecule has 1 heterocycles. The van der Waals surface area contributed by atoms with Gasteiger partial charge in [0.05, 0.1) is 0 Å².